The van der Waals surface area contributed by atoms with Gasteiger partial charge in [0.1, 0.15) is 5.60 Å². The van der Waals surface area contributed by atoms with Crippen molar-refractivity contribution in [2.24, 2.45) is 5.41 Å². The Kier molecular flexibility index (Phi) is 3.55. The Labute approximate surface area is 88.0 Å². The van der Waals surface area contributed by atoms with Crippen molar-refractivity contribution in [3.05, 3.63) is 0 Å². The Morgan fingerprint density at radius 3 is 1.50 bits per heavy atom. The summed E-state index contributed by atoms with van der Waals surface area (Å²) in [7, 11) is 0. The predicted octanol–water partition coefficient (Wildman–Crippen LogP) is 3.20. The van der Waals surface area contributed by atoms with Crippen molar-refractivity contribution in [1.29, 1.82) is 0 Å². The summed E-state index contributed by atoms with van der Waals surface area (Å²) in [6.07, 6.45) is 0. The zero-order valence-corrected chi connectivity index (χ0v) is 10.8. The Hall–Kier alpha value is -0.370. The summed E-state index contributed by atoms with van der Waals surface area (Å²) in [5.74, 6) is 0.0647. The average molecular weight is 200 g/mol. The number of Topliss-reactive ketones (excluding diaryl/α,β-unsaturated/α-hetero) is 1. The zero-order valence-electron chi connectivity index (χ0n) is 10.8. The second kappa shape index (κ2) is 3.65. The highest BCUT2D eigenvalue weighted by molar-refractivity contribution is 5.84. The first-order valence-electron chi connectivity index (χ1n) is 5.11. The Balaban J connectivity index is 4.76. The van der Waals surface area contributed by atoms with Gasteiger partial charge in [0.15, 0.2) is 5.78 Å². The molecule has 0 saturated carbocycles. The van der Waals surface area contributed by atoms with Crippen LogP contribution >= 0.6 is 0 Å². The molecule has 2 nitrogen and oxygen atoms in total. The molecule has 2 heteroatoms. The maximum absolute atomic E-state index is 11.3. The van der Waals surface area contributed by atoms with Crippen molar-refractivity contribution in [3.63, 3.8) is 0 Å². The van der Waals surface area contributed by atoms with Crippen LogP contribution in [0.3, 0.4) is 0 Å². The lowest BCUT2D eigenvalue weighted by atomic mass is 9.78. The Bertz CT molecular complexity index is 219. The number of ketones is 1. The van der Waals surface area contributed by atoms with Crippen molar-refractivity contribution in [2.45, 2.75) is 66.6 Å². The fraction of sp³-hybridized carbons (Fsp3) is 0.917. The van der Waals surface area contributed by atoms with E-state index in [0.29, 0.717) is 0 Å². The van der Waals surface area contributed by atoms with Crippen molar-refractivity contribution < 1.29 is 9.53 Å². The van der Waals surface area contributed by atoms with Crippen molar-refractivity contribution in [1.82, 2.24) is 0 Å². The van der Waals surface area contributed by atoms with E-state index in [9.17, 15) is 4.79 Å². The lowest BCUT2D eigenvalue weighted by Crippen LogP contribution is -2.48. The lowest BCUT2D eigenvalue weighted by Gasteiger charge is -2.43. The number of carbonyl (C=O) groups is 1. The van der Waals surface area contributed by atoms with Crippen molar-refractivity contribution in [3.8, 4) is 0 Å². The molecule has 0 unspecified atom stereocenters. The largest absolute Gasteiger partial charge is 0.361 e. The van der Waals surface area contributed by atoms with Crippen LogP contribution in [0.1, 0.15) is 55.4 Å². The Morgan fingerprint density at radius 2 is 1.29 bits per heavy atom. The molecule has 0 rings (SSSR count). The van der Waals surface area contributed by atoms with E-state index in [4.69, 9.17) is 4.74 Å². The van der Waals surface area contributed by atoms with E-state index in [1.165, 1.54) is 0 Å². The van der Waals surface area contributed by atoms with E-state index < -0.39 is 5.60 Å². The van der Waals surface area contributed by atoms with Gasteiger partial charge in [0, 0.05) is 0 Å². The SMILES string of the molecule is CC(=O)C(C)(C)OC(C)(C)C(C)(C)C. The molecule has 84 valence electrons. The monoisotopic (exact) mass is 200 g/mol. The molecule has 0 aliphatic rings. The molecule has 0 atom stereocenters. The first kappa shape index (κ1) is 13.6. The van der Waals surface area contributed by atoms with Gasteiger partial charge in [-0.05, 0) is 40.0 Å². The Morgan fingerprint density at radius 1 is 0.929 bits per heavy atom. The van der Waals surface area contributed by atoms with Gasteiger partial charge < -0.3 is 4.74 Å². The number of carbonyl (C=O) groups excluding carboxylic acids is 1. The standard InChI is InChI=1S/C12H24O2/c1-9(13)11(5,6)14-12(7,8)10(2,3)4/h1-8H3. The van der Waals surface area contributed by atoms with E-state index in [2.05, 4.69) is 20.8 Å². The predicted molar refractivity (Wildman–Crippen MR) is 59.4 cm³/mol. The van der Waals surface area contributed by atoms with Gasteiger partial charge in [0.2, 0.25) is 0 Å². The summed E-state index contributed by atoms with van der Waals surface area (Å²) < 4.78 is 5.90. The number of ether oxygens (including phenoxy) is 1. The molecular weight excluding hydrogens is 176 g/mol. The zero-order chi connectivity index (χ0) is 11.8. The smallest absolute Gasteiger partial charge is 0.161 e. The highest BCUT2D eigenvalue weighted by Gasteiger charge is 2.40. The van der Waals surface area contributed by atoms with Gasteiger partial charge in [0.25, 0.3) is 0 Å². The second-order valence-corrected chi connectivity index (χ2v) is 5.93. The first-order chi connectivity index (χ1) is 5.90. The molecule has 0 aliphatic carbocycles. The molecule has 0 fully saturated rings. The van der Waals surface area contributed by atoms with Crippen LogP contribution < -0.4 is 0 Å². The summed E-state index contributed by atoms with van der Waals surface area (Å²) in [6, 6.07) is 0. The molecule has 0 saturated heterocycles. The fourth-order valence-corrected chi connectivity index (χ4v) is 0.863. The summed E-state index contributed by atoms with van der Waals surface area (Å²) in [5.41, 5.74) is -1.00. The van der Waals surface area contributed by atoms with Crippen LogP contribution in [0.2, 0.25) is 0 Å². The molecule has 0 spiro atoms. The number of hydrogen-bond acceptors (Lipinski definition) is 2. The quantitative estimate of drug-likeness (QED) is 0.699. The molecule has 0 radical (unpaired) electrons. The molecule has 0 aromatic carbocycles. The third kappa shape index (κ3) is 3.09. The molecule has 14 heavy (non-hydrogen) atoms. The van der Waals surface area contributed by atoms with Crippen LogP contribution in [0.25, 0.3) is 0 Å². The van der Waals surface area contributed by atoms with Gasteiger partial charge in [-0.15, -0.1) is 0 Å². The molecule has 0 aliphatic heterocycles. The molecular formula is C12H24O2. The molecule has 0 N–H and O–H groups in total. The van der Waals surface area contributed by atoms with Gasteiger partial charge >= 0.3 is 0 Å². The minimum Gasteiger partial charge on any atom is -0.361 e. The maximum atomic E-state index is 11.3. The summed E-state index contributed by atoms with van der Waals surface area (Å²) in [5, 5.41) is 0. The highest BCUT2D eigenvalue weighted by Crippen LogP contribution is 2.36. The molecule has 0 aromatic rings. The normalized spacial score (nSPS) is 14.3. The fourth-order valence-electron chi connectivity index (χ4n) is 0.863. The van der Waals surface area contributed by atoms with Crippen LogP contribution in [0.4, 0.5) is 0 Å². The molecule has 0 amide bonds. The summed E-state index contributed by atoms with van der Waals surface area (Å²) >= 11 is 0. The van der Waals surface area contributed by atoms with Crippen LogP contribution in [0.5, 0.6) is 0 Å². The summed E-state index contributed by atoms with van der Waals surface area (Å²) in [4.78, 5) is 11.3. The van der Waals surface area contributed by atoms with E-state index >= 15 is 0 Å². The van der Waals surface area contributed by atoms with Gasteiger partial charge in [-0.2, -0.15) is 0 Å². The van der Waals surface area contributed by atoms with E-state index in [1.807, 2.05) is 27.7 Å². The average Bonchev–Trinajstić information content (AvgIpc) is 1.80. The minimum absolute atomic E-state index is 0.0136. The van der Waals surface area contributed by atoms with E-state index in [0.717, 1.165) is 0 Å². The van der Waals surface area contributed by atoms with Gasteiger partial charge in [-0.1, -0.05) is 20.8 Å². The van der Waals surface area contributed by atoms with Crippen LogP contribution in [0, 0.1) is 5.41 Å². The maximum Gasteiger partial charge on any atom is 0.161 e. The van der Waals surface area contributed by atoms with Gasteiger partial charge in [-0.3, -0.25) is 4.79 Å². The van der Waals surface area contributed by atoms with Crippen LogP contribution in [-0.4, -0.2) is 17.0 Å². The van der Waals surface area contributed by atoms with Crippen molar-refractivity contribution in [2.75, 3.05) is 0 Å². The first-order valence-corrected chi connectivity index (χ1v) is 5.11. The van der Waals surface area contributed by atoms with Crippen molar-refractivity contribution >= 4 is 5.78 Å². The molecule has 0 heterocycles. The topological polar surface area (TPSA) is 26.3 Å². The van der Waals surface area contributed by atoms with Gasteiger partial charge in [0.05, 0.1) is 5.60 Å². The van der Waals surface area contributed by atoms with Crippen LogP contribution in [0.15, 0.2) is 0 Å². The highest BCUT2D eigenvalue weighted by atomic mass is 16.5. The lowest BCUT2D eigenvalue weighted by molar-refractivity contribution is -0.179. The number of rotatable bonds is 3. The van der Waals surface area contributed by atoms with Gasteiger partial charge in [-0.25, -0.2) is 0 Å². The second-order valence-electron chi connectivity index (χ2n) is 5.93. The number of hydrogen-bond donors (Lipinski definition) is 0. The minimum atomic E-state index is -0.698. The van der Waals surface area contributed by atoms with Crippen LogP contribution in [-0.2, 0) is 9.53 Å². The van der Waals surface area contributed by atoms with E-state index in [-0.39, 0.29) is 16.8 Å². The molecule has 0 bridgehead atoms. The summed E-state index contributed by atoms with van der Waals surface area (Å²) in [6.45, 7) is 15.6. The third-order valence-electron chi connectivity index (χ3n) is 3.16. The van der Waals surface area contributed by atoms with E-state index in [1.54, 1.807) is 6.92 Å². The third-order valence-corrected chi connectivity index (χ3v) is 3.16. The molecule has 0 aromatic heterocycles.